The average Bonchev–Trinajstić information content (AvgIpc) is 2.30. The number of hydrogen-bond acceptors (Lipinski definition) is 3. The number of hydrogen-bond donors (Lipinski definition) is 1. The first-order chi connectivity index (χ1) is 8.13. The third-order valence-electron chi connectivity index (χ3n) is 4.01. The van der Waals surface area contributed by atoms with Crippen molar-refractivity contribution in [1.82, 2.24) is 10.2 Å². The molecule has 1 aliphatic rings. The van der Waals surface area contributed by atoms with Crippen molar-refractivity contribution in [3.63, 3.8) is 0 Å². The van der Waals surface area contributed by atoms with Crippen molar-refractivity contribution in [2.24, 2.45) is 5.92 Å². The Hall–Kier alpha value is -0.590. The first kappa shape index (κ1) is 14.5. The quantitative estimate of drug-likeness (QED) is 0.704. The fourth-order valence-electron chi connectivity index (χ4n) is 2.46. The second-order valence-corrected chi connectivity index (χ2v) is 5.40. The second kappa shape index (κ2) is 6.98. The summed E-state index contributed by atoms with van der Waals surface area (Å²) in [6.07, 6.45) is 5.00. The average molecular weight is 237 g/mol. The normalized spacial score (nSPS) is 19.7. The number of rotatable bonds is 8. The van der Waals surface area contributed by atoms with Crippen molar-refractivity contribution >= 4 is 0 Å². The minimum atomic E-state index is -0.321. The largest absolute Gasteiger partial charge is 0.303 e. The lowest BCUT2D eigenvalue weighted by Crippen LogP contribution is -2.46. The smallest absolute Gasteiger partial charge is 0.104 e. The highest BCUT2D eigenvalue weighted by Crippen LogP contribution is 2.33. The van der Waals surface area contributed by atoms with Gasteiger partial charge in [-0.3, -0.25) is 5.32 Å². The lowest BCUT2D eigenvalue weighted by Gasteiger charge is -2.33. The molecule has 1 saturated carbocycles. The van der Waals surface area contributed by atoms with Crippen LogP contribution in [0.25, 0.3) is 0 Å². The molecule has 0 amide bonds. The predicted octanol–water partition coefficient (Wildman–Crippen LogP) is 2.39. The van der Waals surface area contributed by atoms with Gasteiger partial charge in [0.05, 0.1) is 6.07 Å². The van der Waals surface area contributed by atoms with Gasteiger partial charge in [-0.25, -0.2) is 0 Å². The molecular formula is C14H27N3. The van der Waals surface area contributed by atoms with Crippen LogP contribution in [0.1, 0.15) is 46.5 Å². The number of likely N-dealkylation sites (N-methyl/N-ethyl adjacent to an activating group) is 1. The topological polar surface area (TPSA) is 39.1 Å². The van der Waals surface area contributed by atoms with Gasteiger partial charge < -0.3 is 4.90 Å². The van der Waals surface area contributed by atoms with Gasteiger partial charge in [0.1, 0.15) is 5.54 Å². The van der Waals surface area contributed by atoms with E-state index < -0.39 is 0 Å². The Kier molecular flexibility index (Phi) is 5.94. The summed E-state index contributed by atoms with van der Waals surface area (Å²) < 4.78 is 0. The maximum absolute atomic E-state index is 9.31. The summed E-state index contributed by atoms with van der Waals surface area (Å²) in [7, 11) is 0. The highest BCUT2D eigenvalue weighted by Gasteiger charge is 2.30. The van der Waals surface area contributed by atoms with Gasteiger partial charge >= 0.3 is 0 Å². The van der Waals surface area contributed by atoms with Gasteiger partial charge in [0.15, 0.2) is 0 Å². The van der Waals surface area contributed by atoms with Gasteiger partial charge in [-0.2, -0.15) is 5.26 Å². The van der Waals surface area contributed by atoms with Crippen LogP contribution in [0, 0.1) is 17.2 Å². The summed E-state index contributed by atoms with van der Waals surface area (Å²) in [5.41, 5.74) is -0.321. The minimum Gasteiger partial charge on any atom is -0.303 e. The van der Waals surface area contributed by atoms with Crippen LogP contribution in [0.2, 0.25) is 0 Å². The summed E-state index contributed by atoms with van der Waals surface area (Å²) in [6.45, 7) is 10.5. The highest BCUT2D eigenvalue weighted by atomic mass is 15.1. The molecule has 0 aromatic heterocycles. The molecule has 0 spiro atoms. The third-order valence-corrected chi connectivity index (χ3v) is 4.01. The Morgan fingerprint density at radius 3 is 2.41 bits per heavy atom. The monoisotopic (exact) mass is 237 g/mol. The SMILES string of the molecule is CCN(CC)CCNC(C)(C#N)CC1CCC1. The molecule has 0 heterocycles. The Bertz CT molecular complexity index is 251. The maximum Gasteiger partial charge on any atom is 0.104 e. The first-order valence-electron chi connectivity index (χ1n) is 7.02. The number of nitrogens with one attached hydrogen (secondary N) is 1. The van der Waals surface area contributed by atoms with E-state index in [0.717, 1.165) is 38.5 Å². The van der Waals surface area contributed by atoms with Crippen molar-refractivity contribution in [2.45, 2.75) is 52.0 Å². The molecule has 3 heteroatoms. The van der Waals surface area contributed by atoms with Crippen LogP contribution in [0.5, 0.6) is 0 Å². The zero-order valence-corrected chi connectivity index (χ0v) is 11.6. The molecular weight excluding hydrogens is 210 g/mol. The van der Waals surface area contributed by atoms with Crippen LogP contribution in [0.15, 0.2) is 0 Å². The number of nitriles is 1. The summed E-state index contributed by atoms with van der Waals surface area (Å²) in [6, 6.07) is 2.46. The predicted molar refractivity (Wildman–Crippen MR) is 71.8 cm³/mol. The van der Waals surface area contributed by atoms with E-state index in [2.05, 4.69) is 30.1 Å². The van der Waals surface area contributed by atoms with E-state index in [1.54, 1.807) is 0 Å². The van der Waals surface area contributed by atoms with E-state index in [9.17, 15) is 5.26 Å². The van der Waals surface area contributed by atoms with Crippen LogP contribution in [-0.4, -0.2) is 36.6 Å². The van der Waals surface area contributed by atoms with Gasteiger partial charge in [-0.1, -0.05) is 33.1 Å². The fraction of sp³-hybridized carbons (Fsp3) is 0.929. The molecule has 1 aliphatic carbocycles. The van der Waals surface area contributed by atoms with Crippen molar-refractivity contribution in [3.05, 3.63) is 0 Å². The van der Waals surface area contributed by atoms with Gasteiger partial charge in [0, 0.05) is 13.1 Å². The molecule has 0 aromatic rings. The Labute approximate surface area is 106 Å². The fourth-order valence-corrected chi connectivity index (χ4v) is 2.46. The van der Waals surface area contributed by atoms with Gasteiger partial charge in [0.25, 0.3) is 0 Å². The standard InChI is InChI=1S/C14H27N3/c1-4-17(5-2)10-9-16-14(3,12-15)11-13-7-6-8-13/h13,16H,4-11H2,1-3H3. The Balaban J connectivity index is 2.27. The van der Waals surface area contributed by atoms with E-state index in [4.69, 9.17) is 0 Å². The summed E-state index contributed by atoms with van der Waals surface area (Å²) in [5, 5.41) is 12.7. The molecule has 0 aromatic carbocycles. The van der Waals surface area contributed by atoms with Gasteiger partial charge in [-0.05, 0) is 32.4 Å². The van der Waals surface area contributed by atoms with Gasteiger partial charge in [0.2, 0.25) is 0 Å². The molecule has 3 nitrogen and oxygen atoms in total. The molecule has 1 fully saturated rings. The third kappa shape index (κ3) is 4.65. The van der Waals surface area contributed by atoms with E-state index in [1.165, 1.54) is 19.3 Å². The zero-order valence-electron chi connectivity index (χ0n) is 11.6. The van der Waals surface area contributed by atoms with Crippen LogP contribution < -0.4 is 5.32 Å². The molecule has 0 bridgehead atoms. The van der Waals surface area contributed by atoms with Crippen LogP contribution >= 0.6 is 0 Å². The van der Waals surface area contributed by atoms with Crippen LogP contribution in [-0.2, 0) is 0 Å². The zero-order chi connectivity index (χ0) is 12.7. The molecule has 1 atom stereocenters. The molecule has 98 valence electrons. The Morgan fingerprint density at radius 2 is 2.00 bits per heavy atom. The molecule has 17 heavy (non-hydrogen) atoms. The van der Waals surface area contributed by atoms with Crippen molar-refractivity contribution in [3.8, 4) is 6.07 Å². The van der Waals surface area contributed by atoms with Crippen molar-refractivity contribution in [1.29, 1.82) is 5.26 Å². The number of nitrogens with zero attached hydrogens (tertiary/aromatic N) is 2. The van der Waals surface area contributed by atoms with Crippen molar-refractivity contribution < 1.29 is 0 Å². The van der Waals surface area contributed by atoms with Crippen molar-refractivity contribution in [2.75, 3.05) is 26.2 Å². The Morgan fingerprint density at radius 1 is 1.35 bits per heavy atom. The van der Waals surface area contributed by atoms with E-state index in [-0.39, 0.29) is 5.54 Å². The molecule has 1 unspecified atom stereocenters. The molecule has 0 radical (unpaired) electrons. The van der Waals surface area contributed by atoms with E-state index in [0.29, 0.717) is 0 Å². The summed E-state index contributed by atoms with van der Waals surface area (Å²) in [5.74, 6) is 0.778. The summed E-state index contributed by atoms with van der Waals surface area (Å²) in [4.78, 5) is 2.38. The molecule has 0 saturated heterocycles. The van der Waals surface area contributed by atoms with Gasteiger partial charge in [-0.15, -0.1) is 0 Å². The molecule has 0 aliphatic heterocycles. The van der Waals surface area contributed by atoms with E-state index >= 15 is 0 Å². The molecule has 1 rings (SSSR count). The lowest BCUT2D eigenvalue weighted by atomic mass is 9.77. The van der Waals surface area contributed by atoms with Crippen LogP contribution in [0.3, 0.4) is 0 Å². The maximum atomic E-state index is 9.31. The minimum absolute atomic E-state index is 0.321. The second-order valence-electron chi connectivity index (χ2n) is 5.40. The molecule has 1 N–H and O–H groups in total. The van der Waals surface area contributed by atoms with E-state index in [1.807, 2.05) is 6.92 Å². The van der Waals surface area contributed by atoms with Crippen LogP contribution in [0.4, 0.5) is 0 Å². The lowest BCUT2D eigenvalue weighted by molar-refractivity contribution is 0.226. The highest BCUT2D eigenvalue weighted by molar-refractivity contribution is 5.05. The summed E-state index contributed by atoms with van der Waals surface area (Å²) >= 11 is 0. The first-order valence-corrected chi connectivity index (χ1v) is 7.02.